The van der Waals surface area contributed by atoms with Crippen molar-refractivity contribution in [3.05, 3.63) is 53.4 Å². The van der Waals surface area contributed by atoms with Gasteiger partial charge in [-0.25, -0.2) is 14.6 Å². The quantitative estimate of drug-likeness (QED) is 0.669. The second-order valence-corrected chi connectivity index (χ2v) is 7.32. The molecule has 4 rings (SSSR count). The molecule has 0 spiro atoms. The first-order chi connectivity index (χ1) is 14.6. The van der Waals surface area contributed by atoms with Crippen molar-refractivity contribution in [1.82, 2.24) is 29.6 Å². The van der Waals surface area contributed by atoms with E-state index in [9.17, 15) is 0 Å². The summed E-state index contributed by atoms with van der Waals surface area (Å²) in [5, 5.41) is 16.5. The lowest BCUT2D eigenvalue weighted by molar-refractivity contribution is 0.239. The van der Waals surface area contributed by atoms with Crippen LogP contribution < -0.4 is 10.1 Å². The van der Waals surface area contributed by atoms with Crippen molar-refractivity contribution in [2.24, 2.45) is 7.05 Å². The first-order valence-corrected chi connectivity index (χ1v) is 9.84. The molecule has 9 nitrogen and oxygen atoms in total. The third-order valence-electron chi connectivity index (χ3n) is 5.37. The van der Waals surface area contributed by atoms with E-state index >= 15 is 0 Å². The lowest BCUT2D eigenvalue weighted by Gasteiger charge is -2.24. The van der Waals surface area contributed by atoms with Crippen molar-refractivity contribution in [3.63, 3.8) is 0 Å². The van der Waals surface area contributed by atoms with Gasteiger partial charge in [0.05, 0.1) is 54.4 Å². The summed E-state index contributed by atoms with van der Waals surface area (Å²) in [7, 11) is 3.58. The topological polar surface area (TPSA) is 105 Å². The lowest BCUT2D eigenvalue weighted by atomic mass is 10.1. The highest BCUT2D eigenvalue weighted by atomic mass is 16.5. The Morgan fingerprint density at radius 2 is 2.10 bits per heavy atom. The molecule has 1 fully saturated rings. The minimum absolute atomic E-state index is 0.215. The molecule has 0 saturated carbocycles. The van der Waals surface area contributed by atoms with Crippen molar-refractivity contribution in [2.75, 3.05) is 19.0 Å². The maximum absolute atomic E-state index is 8.84. The van der Waals surface area contributed by atoms with Crippen LogP contribution in [-0.4, -0.2) is 43.3 Å². The van der Waals surface area contributed by atoms with Crippen LogP contribution in [0.15, 0.2) is 30.7 Å². The number of nitrogens with one attached hydrogen (secondary N) is 1. The third kappa shape index (κ3) is 3.95. The van der Waals surface area contributed by atoms with Gasteiger partial charge in [-0.05, 0) is 38.4 Å². The molecule has 1 aliphatic heterocycles. The molecule has 1 aliphatic rings. The predicted octanol–water partition coefficient (Wildman–Crippen LogP) is 2.87. The van der Waals surface area contributed by atoms with Gasteiger partial charge in [0.1, 0.15) is 17.6 Å². The van der Waals surface area contributed by atoms with Crippen molar-refractivity contribution in [3.8, 4) is 11.9 Å². The van der Waals surface area contributed by atoms with Gasteiger partial charge < -0.3 is 10.1 Å². The number of anilines is 2. The number of ether oxygens (including phenoxy) is 1. The summed E-state index contributed by atoms with van der Waals surface area (Å²) >= 11 is 0. The Balaban J connectivity index is 1.47. The summed E-state index contributed by atoms with van der Waals surface area (Å²) in [6, 6.07) is 5.68. The fourth-order valence-corrected chi connectivity index (χ4v) is 3.93. The summed E-state index contributed by atoms with van der Waals surface area (Å²) in [4.78, 5) is 15.6. The molecule has 30 heavy (non-hydrogen) atoms. The molecule has 1 atom stereocenters. The number of nitriles is 1. The number of hydrogen-bond donors (Lipinski definition) is 1. The van der Waals surface area contributed by atoms with Crippen molar-refractivity contribution < 1.29 is 4.74 Å². The van der Waals surface area contributed by atoms with E-state index in [-0.39, 0.29) is 6.04 Å². The summed E-state index contributed by atoms with van der Waals surface area (Å²) < 4.78 is 7.34. The number of pyridine rings is 1. The van der Waals surface area contributed by atoms with Crippen LogP contribution in [-0.2, 0) is 13.6 Å². The van der Waals surface area contributed by atoms with Crippen LogP contribution in [0.1, 0.15) is 41.5 Å². The number of nitrogens with zero attached hydrogens (tertiary/aromatic N) is 7. The van der Waals surface area contributed by atoms with Gasteiger partial charge in [0, 0.05) is 13.6 Å². The molecule has 0 amide bonds. The minimum Gasteiger partial charge on any atom is -0.481 e. The number of likely N-dealkylation sites (tertiary alicyclic amines) is 1. The molecule has 9 heteroatoms. The zero-order chi connectivity index (χ0) is 21.1. The van der Waals surface area contributed by atoms with Gasteiger partial charge in [0.2, 0.25) is 5.88 Å². The number of aryl methyl sites for hydroxylation is 2. The first kappa shape index (κ1) is 19.8. The van der Waals surface area contributed by atoms with Gasteiger partial charge in [0.15, 0.2) is 0 Å². The Morgan fingerprint density at radius 1 is 1.23 bits per heavy atom. The number of aromatic nitrogens is 5. The molecule has 0 aromatic carbocycles. The van der Waals surface area contributed by atoms with Crippen molar-refractivity contribution >= 4 is 11.5 Å². The molecule has 0 unspecified atom stereocenters. The van der Waals surface area contributed by atoms with E-state index in [2.05, 4.69) is 30.3 Å². The van der Waals surface area contributed by atoms with Gasteiger partial charge >= 0.3 is 0 Å². The monoisotopic (exact) mass is 404 g/mol. The van der Waals surface area contributed by atoms with E-state index in [1.807, 2.05) is 26.2 Å². The van der Waals surface area contributed by atoms with E-state index in [0.717, 1.165) is 54.4 Å². The van der Waals surface area contributed by atoms with Crippen LogP contribution in [0.5, 0.6) is 5.88 Å². The van der Waals surface area contributed by atoms with E-state index in [0.29, 0.717) is 11.5 Å². The van der Waals surface area contributed by atoms with Crippen LogP contribution in [0.2, 0.25) is 0 Å². The molecular weight excluding hydrogens is 380 g/mol. The van der Waals surface area contributed by atoms with Gasteiger partial charge in [-0.15, -0.1) is 0 Å². The van der Waals surface area contributed by atoms with Gasteiger partial charge in [-0.2, -0.15) is 10.4 Å². The smallest absolute Gasteiger partial charge is 0.216 e. The third-order valence-corrected chi connectivity index (χ3v) is 5.37. The molecule has 1 saturated heterocycles. The minimum atomic E-state index is 0.215. The number of rotatable bonds is 6. The Bertz CT molecular complexity index is 1050. The Kier molecular flexibility index (Phi) is 5.59. The average molecular weight is 404 g/mol. The second-order valence-electron chi connectivity index (χ2n) is 7.32. The highest BCUT2D eigenvalue weighted by molar-refractivity contribution is 5.54. The van der Waals surface area contributed by atoms with Crippen LogP contribution in [0.25, 0.3) is 0 Å². The molecule has 0 bridgehead atoms. The summed E-state index contributed by atoms with van der Waals surface area (Å²) in [6.45, 7) is 3.79. The molecule has 3 aromatic rings. The summed E-state index contributed by atoms with van der Waals surface area (Å²) in [5.41, 5.74) is 4.20. The van der Waals surface area contributed by atoms with Gasteiger partial charge in [-0.1, -0.05) is 0 Å². The molecule has 0 aliphatic carbocycles. The van der Waals surface area contributed by atoms with Gasteiger partial charge in [-0.3, -0.25) is 9.88 Å². The lowest BCUT2D eigenvalue weighted by Crippen LogP contribution is -2.24. The standard InChI is InChI=1S/C21H24N8O/c1-14-17(21(30-3)28(2)27-14)13-29-8-4-5-19(29)18-11-25-20(12-24-18)26-16-7-6-15(9-22)23-10-16/h6-7,10-12,19H,4-5,8,13H2,1-3H3,(H,25,26)/t19-/m1/s1. The maximum Gasteiger partial charge on any atom is 0.216 e. The van der Waals surface area contributed by atoms with E-state index in [4.69, 9.17) is 10.00 Å². The highest BCUT2D eigenvalue weighted by Crippen LogP contribution is 2.34. The Hall–Kier alpha value is -3.51. The van der Waals surface area contributed by atoms with Crippen LogP contribution in [0.4, 0.5) is 11.5 Å². The Morgan fingerprint density at radius 3 is 2.77 bits per heavy atom. The normalized spacial score (nSPS) is 16.4. The van der Waals surface area contributed by atoms with E-state index in [1.165, 1.54) is 0 Å². The van der Waals surface area contributed by atoms with Crippen molar-refractivity contribution in [2.45, 2.75) is 32.4 Å². The number of hydrogen-bond acceptors (Lipinski definition) is 8. The van der Waals surface area contributed by atoms with Crippen LogP contribution in [0.3, 0.4) is 0 Å². The Labute approximate surface area is 175 Å². The zero-order valence-electron chi connectivity index (χ0n) is 17.3. The molecular formula is C21H24N8O. The molecule has 4 heterocycles. The largest absolute Gasteiger partial charge is 0.481 e. The van der Waals surface area contributed by atoms with Gasteiger partial charge in [0.25, 0.3) is 0 Å². The average Bonchev–Trinajstić information content (AvgIpc) is 3.33. The fraction of sp³-hybridized carbons (Fsp3) is 0.381. The van der Waals surface area contributed by atoms with E-state index < -0.39 is 0 Å². The summed E-state index contributed by atoms with van der Waals surface area (Å²) in [6.07, 6.45) is 7.33. The van der Waals surface area contributed by atoms with Crippen LogP contribution >= 0.6 is 0 Å². The molecule has 3 aromatic heterocycles. The fourth-order valence-electron chi connectivity index (χ4n) is 3.93. The maximum atomic E-state index is 8.84. The predicted molar refractivity (Wildman–Crippen MR) is 111 cm³/mol. The SMILES string of the molecule is COc1c(CN2CCC[C@@H]2c2cnc(Nc3ccc(C#N)nc3)cn2)c(C)nn1C. The molecule has 154 valence electrons. The summed E-state index contributed by atoms with van der Waals surface area (Å²) in [5.74, 6) is 1.44. The molecule has 0 radical (unpaired) electrons. The van der Waals surface area contributed by atoms with Crippen molar-refractivity contribution in [1.29, 1.82) is 5.26 Å². The molecule has 1 N–H and O–H groups in total. The highest BCUT2D eigenvalue weighted by Gasteiger charge is 2.29. The number of methoxy groups -OCH3 is 1. The van der Waals surface area contributed by atoms with Crippen LogP contribution in [0, 0.1) is 18.3 Å². The second kappa shape index (κ2) is 8.47. The first-order valence-electron chi connectivity index (χ1n) is 9.84. The zero-order valence-corrected chi connectivity index (χ0v) is 17.3. The van der Waals surface area contributed by atoms with E-state index in [1.54, 1.807) is 36.3 Å².